The Morgan fingerprint density at radius 3 is 2.03 bits per heavy atom. The van der Waals surface area contributed by atoms with Gasteiger partial charge in [0.2, 0.25) is 28.7 Å². The lowest BCUT2D eigenvalue weighted by molar-refractivity contribution is 0.324. The van der Waals surface area contributed by atoms with Crippen LogP contribution in [0.2, 0.25) is 0 Å². The van der Waals surface area contributed by atoms with Crippen LogP contribution in [0.5, 0.6) is 17.2 Å². The number of thiocarbonyl (C=S) groups is 1. The molecule has 38 heavy (non-hydrogen) atoms. The van der Waals surface area contributed by atoms with Crippen LogP contribution in [0.3, 0.4) is 0 Å². The van der Waals surface area contributed by atoms with Crippen LogP contribution in [0.15, 0.2) is 41.7 Å². The number of aliphatic imine (C=N–C) groups is 1. The van der Waals surface area contributed by atoms with E-state index in [1.54, 1.807) is 51.9 Å². The minimum atomic E-state index is 0.236. The van der Waals surface area contributed by atoms with Crippen molar-refractivity contribution in [3.63, 3.8) is 0 Å². The summed E-state index contributed by atoms with van der Waals surface area (Å²) >= 11 is 5.62. The summed E-state index contributed by atoms with van der Waals surface area (Å²) in [6.45, 7) is 6.61. The maximum Gasteiger partial charge on any atom is 0.229 e. The van der Waals surface area contributed by atoms with E-state index < -0.39 is 0 Å². The van der Waals surface area contributed by atoms with Gasteiger partial charge < -0.3 is 29.3 Å². The summed E-state index contributed by atoms with van der Waals surface area (Å²) in [4.78, 5) is 26.7. The fourth-order valence-corrected chi connectivity index (χ4v) is 4.24. The van der Waals surface area contributed by atoms with Crippen molar-refractivity contribution in [3.8, 4) is 17.2 Å². The first-order valence-corrected chi connectivity index (χ1v) is 12.4. The molecule has 0 saturated carbocycles. The Balaban J connectivity index is 1.57. The maximum atomic E-state index is 5.62. The standard InChI is InChI=1S/C25H31N9O3S/c1-16-13-17(2)29-22(28-16)31-24(34-11-9-33(10-12-34)23-26-7-6-8-27-23)32-25(38)30-18-14-19(35-3)21(37-5)20(15-18)36-4/h6-8,13-15H,9-12H2,1-5H3,(H2,28,29,30,31,32,38). The van der Waals surface area contributed by atoms with Crippen molar-refractivity contribution in [2.75, 3.05) is 63.0 Å². The van der Waals surface area contributed by atoms with Gasteiger partial charge in [-0.1, -0.05) is 0 Å². The number of hydrogen-bond donors (Lipinski definition) is 2. The van der Waals surface area contributed by atoms with Gasteiger partial charge in [0.05, 0.1) is 21.3 Å². The Morgan fingerprint density at radius 1 is 0.868 bits per heavy atom. The number of rotatable bonds is 6. The molecule has 0 atom stereocenters. The molecule has 0 aliphatic carbocycles. The molecule has 12 nitrogen and oxygen atoms in total. The van der Waals surface area contributed by atoms with Crippen LogP contribution >= 0.6 is 12.2 Å². The summed E-state index contributed by atoms with van der Waals surface area (Å²) in [6.07, 6.45) is 3.49. The highest BCUT2D eigenvalue weighted by atomic mass is 32.1. The van der Waals surface area contributed by atoms with E-state index in [0.717, 1.165) is 11.4 Å². The molecule has 4 rings (SSSR count). The quantitative estimate of drug-likeness (QED) is 0.273. The monoisotopic (exact) mass is 537 g/mol. The highest BCUT2D eigenvalue weighted by molar-refractivity contribution is 7.80. The molecule has 13 heteroatoms. The molecule has 1 aliphatic rings. The lowest BCUT2D eigenvalue weighted by atomic mass is 10.2. The molecule has 2 aromatic heterocycles. The summed E-state index contributed by atoms with van der Waals surface area (Å²) in [5.74, 6) is 3.18. The van der Waals surface area contributed by atoms with Gasteiger partial charge in [-0.05, 0) is 38.2 Å². The predicted molar refractivity (Wildman–Crippen MR) is 151 cm³/mol. The number of hydrogen-bond acceptors (Lipinski definition) is 9. The average molecular weight is 538 g/mol. The fraction of sp³-hybridized carbons (Fsp3) is 0.360. The van der Waals surface area contributed by atoms with Crippen molar-refractivity contribution in [2.45, 2.75) is 13.8 Å². The number of aryl methyl sites for hydroxylation is 2. The van der Waals surface area contributed by atoms with Crippen LogP contribution in [0.1, 0.15) is 11.4 Å². The zero-order chi connectivity index (χ0) is 27.1. The molecule has 3 heterocycles. The Bertz CT molecular complexity index is 1250. The van der Waals surface area contributed by atoms with Gasteiger partial charge in [-0.15, -0.1) is 0 Å². The van der Waals surface area contributed by atoms with Crippen LogP contribution in [-0.4, -0.2) is 83.4 Å². The van der Waals surface area contributed by atoms with Gasteiger partial charge in [-0.2, -0.15) is 4.99 Å². The smallest absolute Gasteiger partial charge is 0.229 e. The molecule has 1 fully saturated rings. The molecule has 0 radical (unpaired) electrons. The summed E-state index contributed by atoms with van der Waals surface area (Å²) in [5, 5.41) is 6.65. The van der Waals surface area contributed by atoms with E-state index in [1.165, 1.54) is 0 Å². The number of nitrogens with one attached hydrogen (secondary N) is 2. The van der Waals surface area contributed by atoms with Crippen molar-refractivity contribution in [2.24, 2.45) is 4.99 Å². The first-order chi connectivity index (χ1) is 18.4. The molecular weight excluding hydrogens is 506 g/mol. The van der Waals surface area contributed by atoms with E-state index >= 15 is 0 Å². The molecule has 3 aromatic rings. The number of anilines is 3. The van der Waals surface area contributed by atoms with Crippen LogP contribution < -0.4 is 29.7 Å². The van der Waals surface area contributed by atoms with Crippen LogP contribution in [0.4, 0.5) is 17.6 Å². The number of benzene rings is 1. The molecule has 1 aromatic carbocycles. The van der Waals surface area contributed by atoms with Crippen molar-refractivity contribution in [1.29, 1.82) is 0 Å². The zero-order valence-corrected chi connectivity index (χ0v) is 22.9. The van der Waals surface area contributed by atoms with E-state index in [2.05, 4.69) is 40.4 Å². The van der Waals surface area contributed by atoms with E-state index in [0.29, 0.717) is 67.0 Å². The van der Waals surface area contributed by atoms with Gasteiger partial charge >= 0.3 is 0 Å². The fourth-order valence-electron chi connectivity index (χ4n) is 4.03. The van der Waals surface area contributed by atoms with Gasteiger partial charge in [-0.3, -0.25) is 5.32 Å². The number of methoxy groups -OCH3 is 3. The third kappa shape index (κ3) is 6.54. The van der Waals surface area contributed by atoms with Gasteiger partial charge in [0.25, 0.3) is 0 Å². The molecule has 200 valence electrons. The molecule has 1 aliphatic heterocycles. The molecule has 0 spiro atoms. The topological polar surface area (TPSA) is 122 Å². The van der Waals surface area contributed by atoms with Crippen molar-refractivity contribution in [3.05, 3.63) is 48.0 Å². The molecule has 0 bridgehead atoms. The second-order valence-corrected chi connectivity index (χ2v) is 8.79. The molecule has 2 N–H and O–H groups in total. The second-order valence-electron chi connectivity index (χ2n) is 8.40. The summed E-state index contributed by atoms with van der Waals surface area (Å²) in [7, 11) is 4.67. The summed E-state index contributed by atoms with van der Waals surface area (Å²) < 4.78 is 16.3. The van der Waals surface area contributed by atoms with Crippen molar-refractivity contribution < 1.29 is 14.2 Å². The van der Waals surface area contributed by atoms with Gasteiger partial charge in [0, 0.05) is 67.8 Å². The number of nitrogens with zero attached hydrogens (tertiary/aromatic N) is 7. The van der Waals surface area contributed by atoms with Gasteiger partial charge in [-0.25, -0.2) is 19.9 Å². The zero-order valence-electron chi connectivity index (χ0n) is 22.1. The van der Waals surface area contributed by atoms with E-state index in [9.17, 15) is 0 Å². The highest BCUT2D eigenvalue weighted by Gasteiger charge is 2.23. The van der Waals surface area contributed by atoms with E-state index in [4.69, 9.17) is 31.4 Å². The lowest BCUT2D eigenvalue weighted by Gasteiger charge is -2.36. The predicted octanol–water partition coefficient (Wildman–Crippen LogP) is 2.90. The molecule has 1 saturated heterocycles. The van der Waals surface area contributed by atoms with Crippen molar-refractivity contribution >= 4 is 40.9 Å². The largest absolute Gasteiger partial charge is 0.493 e. The lowest BCUT2D eigenvalue weighted by Crippen LogP contribution is -2.51. The Morgan fingerprint density at radius 2 is 1.47 bits per heavy atom. The van der Waals surface area contributed by atoms with Crippen LogP contribution in [0, 0.1) is 13.8 Å². The van der Waals surface area contributed by atoms with Crippen LogP contribution in [0.25, 0.3) is 0 Å². The maximum absolute atomic E-state index is 5.62. The second kappa shape index (κ2) is 12.3. The number of aromatic nitrogens is 4. The van der Waals surface area contributed by atoms with Crippen LogP contribution in [-0.2, 0) is 0 Å². The average Bonchev–Trinajstić information content (AvgIpc) is 2.92. The number of guanidine groups is 1. The van der Waals surface area contributed by atoms with Gasteiger partial charge in [0.1, 0.15) is 0 Å². The number of piperazine rings is 1. The molecular formula is C25H31N9O3S. The molecule has 0 amide bonds. The Labute approximate surface area is 227 Å². The first kappa shape index (κ1) is 26.8. The highest BCUT2D eigenvalue weighted by Crippen LogP contribution is 2.40. The normalized spacial score (nSPS) is 13.7. The minimum absolute atomic E-state index is 0.236. The SMILES string of the molecule is COc1cc(NC(=S)/N=C(/Nc2nc(C)cc(C)n2)N2CCN(c3ncccn3)CC2)cc(OC)c1OC. The summed E-state index contributed by atoms with van der Waals surface area (Å²) in [6, 6.07) is 7.25. The first-order valence-electron chi connectivity index (χ1n) is 12.0. The Hall–Kier alpha value is -4.26. The molecule has 0 unspecified atom stereocenters. The number of ether oxygens (including phenoxy) is 3. The van der Waals surface area contributed by atoms with Crippen molar-refractivity contribution in [1.82, 2.24) is 24.8 Å². The summed E-state index contributed by atoms with van der Waals surface area (Å²) in [5.41, 5.74) is 2.34. The third-order valence-electron chi connectivity index (χ3n) is 5.74. The minimum Gasteiger partial charge on any atom is -0.493 e. The third-order valence-corrected chi connectivity index (χ3v) is 5.94. The Kier molecular flexibility index (Phi) is 8.69. The van der Waals surface area contributed by atoms with E-state index in [-0.39, 0.29) is 5.11 Å². The van der Waals surface area contributed by atoms with Gasteiger partial charge in [0.15, 0.2) is 11.5 Å². The van der Waals surface area contributed by atoms with E-state index in [1.807, 2.05) is 19.9 Å².